The number of nitrogens with two attached hydrogens (primary N) is 1. The Morgan fingerprint density at radius 3 is 2.35 bits per heavy atom. The first-order valence-electron chi connectivity index (χ1n) is 7.75. The van der Waals surface area contributed by atoms with Gasteiger partial charge in [-0.25, -0.2) is 0 Å². The van der Waals surface area contributed by atoms with Gasteiger partial charge in [0, 0.05) is 18.1 Å². The fourth-order valence-corrected chi connectivity index (χ4v) is 3.41. The molecule has 1 amide bonds. The van der Waals surface area contributed by atoms with E-state index in [1.165, 1.54) is 18.7 Å². The maximum atomic E-state index is 13.2. The van der Waals surface area contributed by atoms with Gasteiger partial charge < -0.3 is 10.6 Å². The molecule has 2 N–H and O–H groups in total. The third-order valence-electron chi connectivity index (χ3n) is 4.96. The normalized spacial score (nSPS) is 23.6. The summed E-state index contributed by atoms with van der Waals surface area (Å²) >= 11 is 0. The Kier molecular flexibility index (Phi) is 4.76. The quantitative estimate of drug-likeness (QED) is 0.923. The summed E-state index contributed by atoms with van der Waals surface area (Å²) in [6.07, 6.45) is -4.36. The van der Waals surface area contributed by atoms with Gasteiger partial charge in [-0.3, -0.25) is 4.79 Å². The van der Waals surface area contributed by atoms with E-state index < -0.39 is 29.6 Å². The highest BCUT2D eigenvalue weighted by atomic mass is 19.4. The van der Waals surface area contributed by atoms with Crippen LogP contribution < -0.4 is 5.73 Å². The van der Waals surface area contributed by atoms with Crippen molar-refractivity contribution in [1.82, 2.24) is 4.90 Å². The molecule has 1 aliphatic heterocycles. The summed E-state index contributed by atoms with van der Waals surface area (Å²) < 4.78 is 39.5. The van der Waals surface area contributed by atoms with Gasteiger partial charge in [0.15, 0.2) is 0 Å². The zero-order valence-corrected chi connectivity index (χ0v) is 13.6. The van der Waals surface area contributed by atoms with Gasteiger partial charge in [0.25, 0.3) is 0 Å². The van der Waals surface area contributed by atoms with Crippen molar-refractivity contribution in [2.75, 3.05) is 6.54 Å². The number of rotatable bonds is 3. The zero-order valence-electron chi connectivity index (χ0n) is 13.6. The Morgan fingerprint density at radius 2 is 1.87 bits per heavy atom. The van der Waals surface area contributed by atoms with E-state index in [1.807, 2.05) is 30.3 Å². The number of hydrogen-bond acceptors (Lipinski definition) is 2. The molecule has 3 unspecified atom stereocenters. The molecule has 1 heterocycles. The molecular formula is C17H23F3N2O. The average molecular weight is 328 g/mol. The molecule has 1 aromatic carbocycles. The van der Waals surface area contributed by atoms with Crippen molar-refractivity contribution in [2.24, 2.45) is 17.6 Å². The standard InChI is InChI=1S/C17H23F3N2O/c1-11(14(21)12-7-5-4-6-8-12)15(23)22-10-9-13(16(22,2)3)17(18,19)20/h4-8,11,13-14H,9-10,21H2,1-3H3. The number of amides is 1. The van der Waals surface area contributed by atoms with Gasteiger partial charge >= 0.3 is 6.18 Å². The smallest absolute Gasteiger partial charge is 0.337 e. The molecule has 128 valence electrons. The number of halogens is 3. The summed E-state index contributed by atoms with van der Waals surface area (Å²) in [6.45, 7) is 4.76. The summed E-state index contributed by atoms with van der Waals surface area (Å²) in [7, 11) is 0. The highest BCUT2D eigenvalue weighted by molar-refractivity contribution is 5.80. The number of carbonyl (C=O) groups excluding carboxylic acids is 1. The van der Waals surface area contributed by atoms with Crippen LogP contribution in [0.25, 0.3) is 0 Å². The fraction of sp³-hybridized carbons (Fsp3) is 0.588. The van der Waals surface area contributed by atoms with Crippen LogP contribution in [0.5, 0.6) is 0 Å². The fourth-order valence-electron chi connectivity index (χ4n) is 3.41. The van der Waals surface area contributed by atoms with Crippen LogP contribution in [0, 0.1) is 11.8 Å². The molecule has 23 heavy (non-hydrogen) atoms. The zero-order chi connectivity index (χ0) is 17.4. The number of likely N-dealkylation sites (tertiary alicyclic amines) is 1. The van der Waals surface area contributed by atoms with E-state index in [2.05, 4.69) is 0 Å². The van der Waals surface area contributed by atoms with Crippen LogP contribution in [-0.2, 0) is 4.79 Å². The first kappa shape index (κ1) is 17.8. The van der Waals surface area contributed by atoms with Crippen molar-refractivity contribution in [3.63, 3.8) is 0 Å². The molecule has 1 aromatic rings. The van der Waals surface area contributed by atoms with E-state index in [0.29, 0.717) is 0 Å². The van der Waals surface area contributed by atoms with E-state index in [1.54, 1.807) is 6.92 Å². The van der Waals surface area contributed by atoms with E-state index in [9.17, 15) is 18.0 Å². The summed E-state index contributed by atoms with van der Waals surface area (Å²) in [5.41, 5.74) is 5.70. The largest absolute Gasteiger partial charge is 0.394 e. The van der Waals surface area contributed by atoms with Gasteiger partial charge in [-0.1, -0.05) is 37.3 Å². The third-order valence-corrected chi connectivity index (χ3v) is 4.96. The van der Waals surface area contributed by atoms with E-state index in [-0.39, 0.29) is 18.9 Å². The van der Waals surface area contributed by atoms with Crippen molar-refractivity contribution in [3.8, 4) is 0 Å². The van der Waals surface area contributed by atoms with Gasteiger partial charge in [0.2, 0.25) is 5.91 Å². The van der Waals surface area contributed by atoms with E-state index in [0.717, 1.165) is 5.56 Å². The van der Waals surface area contributed by atoms with Crippen LogP contribution in [0.15, 0.2) is 30.3 Å². The SMILES string of the molecule is CC(C(=O)N1CCC(C(F)(F)F)C1(C)C)C(N)c1ccccc1. The van der Waals surface area contributed by atoms with Crippen molar-refractivity contribution in [3.05, 3.63) is 35.9 Å². The number of alkyl halides is 3. The van der Waals surface area contributed by atoms with Gasteiger partial charge in [-0.15, -0.1) is 0 Å². The van der Waals surface area contributed by atoms with Crippen molar-refractivity contribution in [2.45, 2.75) is 44.9 Å². The van der Waals surface area contributed by atoms with Crippen LogP contribution in [0.4, 0.5) is 13.2 Å². The molecule has 0 spiro atoms. The van der Waals surface area contributed by atoms with Crippen molar-refractivity contribution in [1.29, 1.82) is 0 Å². The van der Waals surface area contributed by atoms with Crippen LogP contribution in [0.2, 0.25) is 0 Å². The lowest BCUT2D eigenvalue weighted by atomic mass is 9.86. The van der Waals surface area contributed by atoms with E-state index in [4.69, 9.17) is 5.73 Å². The lowest BCUT2D eigenvalue weighted by Gasteiger charge is -2.38. The Bertz CT molecular complexity index is 557. The number of benzene rings is 1. The molecule has 2 rings (SSSR count). The predicted octanol–water partition coefficient (Wildman–Crippen LogP) is 3.51. The van der Waals surface area contributed by atoms with E-state index >= 15 is 0 Å². The Morgan fingerprint density at radius 1 is 1.30 bits per heavy atom. The van der Waals surface area contributed by atoms with Gasteiger partial charge in [0.1, 0.15) is 0 Å². The third kappa shape index (κ3) is 3.37. The molecule has 0 bridgehead atoms. The minimum absolute atomic E-state index is 0.0600. The molecule has 6 heteroatoms. The molecule has 1 fully saturated rings. The Labute approximate surface area is 134 Å². The highest BCUT2D eigenvalue weighted by Gasteiger charge is 2.56. The van der Waals surface area contributed by atoms with Crippen LogP contribution in [-0.4, -0.2) is 29.1 Å². The second-order valence-electron chi connectivity index (χ2n) is 6.75. The predicted molar refractivity (Wildman–Crippen MR) is 82.5 cm³/mol. The maximum Gasteiger partial charge on any atom is 0.394 e. The second kappa shape index (κ2) is 6.15. The Balaban J connectivity index is 2.17. The maximum absolute atomic E-state index is 13.2. The van der Waals surface area contributed by atoms with Crippen molar-refractivity contribution < 1.29 is 18.0 Å². The molecule has 0 aliphatic carbocycles. The average Bonchev–Trinajstić information content (AvgIpc) is 2.81. The topological polar surface area (TPSA) is 46.3 Å². The minimum Gasteiger partial charge on any atom is -0.337 e. The molecule has 0 aromatic heterocycles. The van der Waals surface area contributed by atoms with Crippen LogP contribution >= 0.6 is 0 Å². The minimum atomic E-state index is -4.30. The number of nitrogens with zero attached hydrogens (tertiary/aromatic N) is 1. The highest BCUT2D eigenvalue weighted by Crippen LogP contribution is 2.45. The lowest BCUT2D eigenvalue weighted by molar-refractivity contribution is -0.192. The monoisotopic (exact) mass is 328 g/mol. The number of hydrogen-bond donors (Lipinski definition) is 1. The summed E-state index contributed by atoms with van der Waals surface area (Å²) in [5, 5.41) is 0. The van der Waals surface area contributed by atoms with Gasteiger partial charge in [-0.05, 0) is 25.8 Å². The summed E-state index contributed by atoms with van der Waals surface area (Å²) in [4.78, 5) is 14.1. The first-order chi connectivity index (χ1) is 10.6. The first-order valence-corrected chi connectivity index (χ1v) is 7.75. The molecular weight excluding hydrogens is 305 g/mol. The summed E-state index contributed by atoms with van der Waals surface area (Å²) in [6, 6.07) is 8.60. The molecule has 0 radical (unpaired) electrons. The van der Waals surface area contributed by atoms with Gasteiger partial charge in [0.05, 0.1) is 11.8 Å². The van der Waals surface area contributed by atoms with Crippen molar-refractivity contribution >= 4 is 5.91 Å². The van der Waals surface area contributed by atoms with Crippen LogP contribution in [0.3, 0.4) is 0 Å². The van der Waals surface area contributed by atoms with Gasteiger partial charge in [-0.2, -0.15) is 13.2 Å². The lowest BCUT2D eigenvalue weighted by Crippen LogP contribution is -2.52. The second-order valence-corrected chi connectivity index (χ2v) is 6.75. The number of carbonyl (C=O) groups is 1. The molecule has 0 saturated carbocycles. The molecule has 1 saturated heterocycles. The molecule has 3 nitrogen and oxygen atoms in total. The molecule has 3 atom stereocenters. The molecule has 1 aliphatic rings. The summed E-state index contributed by atoms with van der Waals surface area (Å²) in [5.74, 6) is -2.40. The Hall–Kier alpha value is -1.56. The van der Waals surface area contributed by atoms with Crippen LogP contribution in [0.1, 0.15) is 38.8 Å².